The average Bonchev–Trinajstić information content (AvgIpc) is 2.35. The number of anilines is 2. The molecule has 4 nitrogen and oxygen atoms in total. The summed E-state index contributed by atoms with van der Waals surface area (Å²) in [5, 5.41) is 5.43. The van der Waals surface area contributed by atoms with Crippen molar-refractivity contribution in [2.24, 2.45) is 0 Å². The topological polar surface area (TPSA) is 54.0 Å². The number of hydrogen-bond acceptors (Lipinski definition) is 2. The summed E-state index contributed by atoms with van der Waals surface area (Å²) >= 11 is 0. The molecule has 1 heterocycles. The zero-order valence-electron chi connectivity index (χ0n) is 10.4. The third kappa shape index (κ3) is 3.07. The van der Waals surface area contributed by atoms with Crippen LogP contribution in [0.1, 0.15) is 11.1 Å². The fraction of sp³-hybridized carbons (Fsp3) is 0.143. The first kappa shape index (κ1) is 12.1. The van der Waals surface area contributed by atoms with Crippen molar-refractivity contribution in [1.82, 2.24) is 4.98 Å². The minimum Gasteiger partial charge on any atom is -0.308 e. The maximum absolute atomic E-state index is 11.7. The maximum atomic E-state index is 11.7. The molecule has 18 heavy (non-hydrogen) atoms. The van der Waals surface area contributed by atoms with Gasteiger partial charge in [0.15, 0.2) is 0 Å². The van der Waals surface area contributed by atoms with E-state index in [0.717, 1.165) is 11.3 Å². The summed E-state index contributed by atoms with van der Waals surface area (Å²) in [6, 6.07) is 10.8. The number of amides is 2. The van der Waals surface area contributed by atoms with Gasteiger partial charge in [0.25, 0.3) is 0 Å². The molecule has 2 amide bonds. The largest absolute Gasteiger partial charge is 0.324 e. The molecular formula is C14H15N3O. The van der Waals surface area contributed by atoms with E-state index in [0.29, 0.717) is 5.82 Å². The van der Waals surface area contributed by atoms with E-state index < -0.39 is 0 Å². The SMILES string of the molecule is Cc1ccc(NC(=O)Nc2ccccn2)cc1C. The van der Waals surface area contributed by atoms with Crippen molar-refractivity contribution in [2.45, 2.75) is 13.8 Å². The highest BCUT2D eigenvalue weighted by atomic mass is 16.2. The number of nitrogens with zero attached hydrogens (tertiary/aromatic N) is 1. The van der Waals surface area contributed by atoms with Gasteiger partial charge in [-0.3, -0.25) is 5.32 Å². The Kier molecular flexibility index (Phi) is 3.57. The Morgan fingerprint density at radius 2 is 1.89 bits per heavy atom. The molecule has 0 bridgehead atoms. The van der Waals surface area contributed by atoms with Gasteiger partial charge in [-0.05, 0) is 49.2 Å². The molecule has 0 aliphatic rings. The van der Waals surface area contributed by atoms with Gasteiger partial charge in [0.05, 0.1) is 0 Å². The number of nitrogens with one attached hydrogen (secondary N) is 2. The Bertz CT molecular complexity index is 552. The lowest BCUT2D eigenvalue weighted by Crippen LogP contribution is -2.20. The van der Waals surface area contributed by atoms with Gasteiger partial charge in [-0.1, -0.05) is 12.1 Å². The van der Waals surface area contributed by atoms with E-state index >= 15 is 0 Å². The number of aryl methyl sites for hydroxylation is 2. The van der Waals surface area contributed by atoms with Crippen LogP contribution in [0.5, 0.6) is 0 Å². The lowest BCUT2D eigenvalue weighted by atomic mass is 10.1. The third-order valence-electron chi connectivity index (χ3n) is 2.67. The van der Waals surface area contributed by atoms with Gasteiger partial charge in [0.1, 0.15) is 5.82 Å². The summed E-state index contributed by atoms with van der Waals surface area (Å²) in [6.45, 7) is 4.05. The van der Waals surface area contributed by atoms with Crippen LogP contribution in [0.3, 0.4) is 0 Å². The molecule has 1 aromatic heterocycles. The molecule has 0 saturated heterocycles. The smallest absolute Gasteiger partial charge is 0.308 e. The Hall–Kier alpha value is -2.36. The van der Waals surface area contributed by atoms with Crippen molar-refractivity contribution in [3.63, 3.8) is 0 Å². The first-order valence-corrected chi connectivity index (χ1v) is 5.71. The summed E-state index contributed by atoms with van der Waals surface area (Å²) in [6.07, 6.45) is 1.63. The molecule has 1 aromatic carbocycles. The molecule has 2 rings (SSSR count). The standard InChI is InChI=1S/C14H15N3O/c1-10-6-7-12(9-11(10)2)16-14(18)17-13-5-3-4-8-15-13/h3-9H,1-2H3,(H2,15,16,17,18). The Morgan fingerprint density at radius 3 is 2.56 bits per heavy atom. The predicted molar refractivity (Wildman–Crippen MR) is 72.8 cm³/mol. The van der Waals surface area contributed by atoms with Crippen molar-refractivity contribution in [3.05, 3.63) is 53.7 Å². The van der Waals surface area contributed by atoms with Crippen LogP contribution < -0.4 is 10.6 Å². The fourth-order valence-corrected chi connectivity index (χ4v) is 1.53. The summed E-state index contributed by atoms with van der Waals surface area (Å²) in [5.41, 5.74) is 3.11. The lowest BCUT2D eigenvalue weighted by molar-refractivity contribution is 0.262. The molecule has 2 N–H and O–H groups in total. The Morgan fingerprint density at radius 1 is 1.06 bits per heavy atom. The van der Waals surface area contributed by atoms with Crippen LogP contribution in [0.2, 0.25) is 0 Å². The molecule has 0 radical (unpaired) electrons. The van der Waals surface area contributed by atoms with Gasteiger partial charge in [-0.25, -0.2) is 9.78 Å². The number of carbonyl (C=O) groups excluding carboxylic acids is 1. The van der Waals surface area contributed by atoms with E-state index in [1.807, 2.05) is 38.1 Å². The van der Waals surface area contributed by atoms with Crippen molar-refractivity contribution in [3.8, 4) is 0 Å². The number of pyridine rings is 1. The van der Waals surface area contributed by atoms with E-state index in [4.69, 9.17) is 0 Å². The Balaban J connectivity index is 2.01. The zero-order valence-corrected chi connectivity index (χ0v) is 10.4. The minimum absolute atomic E-state index is 0.294. The molecule has 0 atom stereocenters. The average molecular weight is 241 g/mol. The molecule has 92 valence electrons. The van der Waals surface area contributed by atoms with E-state index in [1.54, 1.807) is 18.3 Å². The number of hydrogen-bond donors (Lipinski definition) is 2. The number of aromatic nitrogens is 1. The van der Waals surface area contributed by atoms with Gasteiger partial charge in [-0.2, -0.15) is 0 Å². The third-order valence-corrected chi connectivity index (χ3v) is 2.67. The van der Waals surface area contributed by atoms with E-state index in [2.05, 4.69) is 15.6 Å². The second-order valence-electron chi connectivity index (χ2n) is 4.09. The number of carbonyl (C=O) groups is 1. The molecule has 0 saturated carbocycles. The van der Waals surface area contributed by atoms with Crippen molar-refractivity contribution in [2.75, 3.05) is 10.6 Å². The molecule has 0 aliphatic heterocycles. The van der Waals surface area contributed by atoms with Gasteiger partial charge in [0, 0.05) is 11.9 Å². The first-order chi connectivity index (χ1) is 8.65. The summed E-state index contributed by atoms with van der Waals surface area (Å²) in [4.78, 5) is 15.7. The molecule has 0 spiro atoms. The van der Waals surface area contributed by atoms with Crippen LogP contribution in [0.4, 0.5) is 16.3 Å². The Labute approximate surface area is 106 Å². The van der Waals surface area contributed by atoms with Crippen LogP contribution in [0, 0.1) is 13.8 Å². The molecule has 2 aromatic rings. The number of benzene rings is 1. The normalized spacial score (nSPS) is 9.89. The highest BCUT2D eigenvalue weighted by Crippen LogP contribution is 2.14. The first-order valence-electron chi connectivity index (χ1n) is 5.71. The zero-order chi connectivity index (χ0) is 13.0. The van der Waals surface area contributed by atoms with Crippen molar-refractivity contribution in [1.29, 1.82) is 0 Å². The molecular weight excluding hydrogens is 226 g/mol. The summed E-state index contributed by atoms with van der Waals surface area (Å²) in [5.74, 6) is 0.527. The second-order valence-corrected chi connectivity index (χ2v) is 4.09. The van der Waals surface area contributed by atoms with Crippen LogP contribution in [-0.4, -0.2) is 11.0 Å². The number of rotatable bonds is 2. The molecule has 0 aliphatic carbocycles. The number of urea groups is 1. The monoisotopic (exact) mass is 241 g/mol. The summed E-state index contributed by atoms with van der Waals surface area (Å²) in [7, 11) is 0. The quantitative estimate of drug-likeness (QED) is 0.847. The van der Waals surface area contributed by atoms with E-state index in [1.165, 1.54) is 5.56 Å². The van der Waals surface area contributed by atoms with Gasteiger partial charge in [-0.15, -0.1) is 0 Å². The molecule has 4 heteroatoms. The second kappa shape index (κ2) is 5.31. The van der Waals surface area contributed by atoms with Crippen molar-refractivity contribution < 1.29 is 4.79 Å². The van der Waals surface area contributed by atoms with Crippen LogP contribution >= 0.6 is 0 Å². The molecule has 0 unspecified atom stereocenters. The summed E-state index contributed by atoms with van der Waals surface area (Å²) < 4.78 is 0. The van der Waals surface area contributed by atoms with E-state index in [-0.39, 0.29) is 6.03 Å². The van der Waals surface area contributed by atoms with Gasteiger partial charge < -0.3 is 5.32 Å². The fourth-order valence-electron chi connectivity index (χ4n) is 1.53. The lowest BCUT2D eigenvalue weighted by Gasteiger charge is -2.08. The maximum Gasteiger partial charge on any atom is 0.324 e. The predicted octanol–water partition coefficient (Wildman–Crippen LogP) is 3.34. The van der Waals surface area contributed by atoms with Gasteiger partial charge >= 0.3 is 6.03 Å². The minimum atomic E-state index is -0.294. The van der Waals surface area contributed by atoms with Gasteiger partial charge in [0.2, 0.25) is 0 Å². The van der Waals surface area contributed by atoms with Crippen LogP contribution in [0.25, 0.3) is 0 Å². The van der Waals surface area contributed by atoms with Crippen molar-refractivity contribution >= 4 is 17.5 Å². The highest BCUT2D eigenvalue weighted by Gasteiger charge is 2.03. The van der Waals surface area contributed by atoms with E-state index in [9.17, 15) is 4.79 Å². The van der Waals surface area contributed by atoms with Crippen LogP contribution in [0.15, 0.2) is 42.6 Å². The van der Waals surface area contributed by atoms with Crippen LogP contribution in [-0.2, 0) is 0 Å². The highest BCUT2D eigenvalue weighted by molar-refractivity contribution is 5.99. The molecule has 0 fully saturated rings.